The van der Waals surface area contributed by atoms with Gasteiger partial charge in [0.1, 0.15) is 11.6 Å². The zero-order chi connectivity index (χ0) is 18.7. The van der Waals surface area contributed by atoms with Crippen LogP contribution in [-0.4, -0.2) is 50.3 Å². The first-order valence-electron chi connectivity index (χ1n) is 8.62. The summed E-state index contributed by atoms with van der Waals surface area (Å²) in [5.74, 6) is 0.650. The standard InChI is InChI=1S/C18H23ClFN5S/c1-3-7-24-14(2)21-25(18(24)26)13-23-10-8-22(9-11-23)12-15-16(19)5-4-6-17(15)20/h3-6H,1,7-13H2,2H3. The molecule has 0 atom stereocenters. The normalized spacial score (nSPS) is 16.1. The second kappa shape index (κ2) is 8.43. The highest BCUT2D eigenvalue weighted by Crippen LogP contribution is 2.21. The lowest BCUT2D eigenvalue weighted by Gasteiger charge is -2.34. The maximum absolute atomic E-state index is 14.0. The summed E-state index contributed by atoms with van der Waals surface area (Å²) < 4.78 is 18.5. The highest BCUT2D eigenvalue weighted by Gasteiger charge is 2.20. The van der Waals surface area contributed by atoms with Crippen LogP contribution in [0.1, 0.15) is 11.4 Å². The van der Waals surface area contributed by atoms with Crippen LogP contribution in [0.5, 0.6) is 0 Å². The molecule has 1 aromatic carbocycles. The van der Waals surface area contributed by atoms with Gasteiger partial charge in [-0.1, -0.05) is 23.7 Å². The number of nitrogens with zero attached hydrogens (tertiary/aromatic N) is 5. The molecule has 5 nitrogen and oxygen atoms in total. The SMILES string of the molecule is C=CCn1c(C)nn(CN2CCN(Cc3c(F)cccc3Cl)CC2)c1=S. The van der Waals surface area contributed by atoms with E-state index in [1.807, 2.05) is 22.2 Å². The van der Waals surface area contributed by atoms with Gasteiger partial charge in [-0.15, -0.1) is 6.58 Å². The molecule has 0 radical (unpaired) electrons. The summed E-state index contributed by atoms with van der Waals surface area (Å²) in [6.45, 7) is 11.0. The topological polar surface area (TPSA) is 29.2 Å². The average molecular weight is 396 g/mol. The van der Waals surface area contributed by atoms with Crippen molar-refractivity contribution in [3.63, 3.8) is 0 Å². The van der Waals surface area contributed by atoms with Crippen LogP contribution in [0, 0.1) is 17.5 Å². The van der Waals surface area contributed by atoms with Crippen LogP contribution in [0.25, 0.3) is 0 Å². The summed E-state index contributed by atoms with van der Waals surface area (Å²) >= 11 is 11.6. The third kappa shape index (κ3) is 4.23. The largest absolute Gasteiger partial charge is 0.300 e. The minimum Gasteiger partial charge on any atom is -0.300 e. The summed E-state index contributed by atoms with van der Waals surface area (Å²) in [7, 11) is 0. The van der Waals surface area contributed by atoms with Gasteiger partial charge in [0.25, 0.3) is 0 Å². The van der Waals surface area contributed by atoms with Gasteiger partial charge in [0.2, 0.25) is 0 Å². The first-order chi connectivity index (χ1) is 12.5. The fourth-order valence-electron chi connectivity index (χ4n) is 3.17. The Hall–Kier alpha value is -1.54. The van der Waals surface area contributed by atoms with E-state index in [0.29, 0.717) is 35.1 Å². The lowest BCUT2D eigenvalue weighted by Crippen LogP contribution is -2.46. The summed E-state index contributed by atoms with van der Waals surface area (Å²) in [5.41, 5.74) is 0.573. The van der Waals surface area contributed by atoms with E-state index in [0.717, 1.165) is 32.0 Å². The number of allylic oxidation sites excluding steroid dienone is 1. The van der Waals surface area contributed by atoms with Gasteiger partial charge in [0.05, 0.1) is 6.67 Å². The molecule has 2 heterocycles. The summed E-state index contributed by atoms with van der Waals surface area (Å²) in [4.78, 5) is 4.53. The fourth-order valence-corrected chi connectivity index (χ4v) is 3.69. The van der Waals surface area contributed by atoms with Crippen molar-refractivity contribution in [2.75, 3.05) is 26.2 Å². The molecule has 26 heavy (non-hydrogen) atoms. The summed E-state index contributed by atoms with van der Waals surface area (Å²) in [6, 6.07) is 4.83. The van der Waals surface area contributed by atoms with Crippen LogP contribution in [0.2, 0.25) is 5.02 Å². The van der Waals surface area contributed by atoms with Gasteiger partial charge < -0.3 is 4.57 Å². The molecule has 8 heteroatoms. The first kappa shape index (κ1) is 19.2. The number of rotatable bonds is 6. The Morgan fingerprint density at radius 3 is 2.62 bits per heavy atom. The molecule has 0 bridgehead atoms. The van der Waals surface area contributed by atoms with Crippen molar-refractivity contribution in [2.24, 2.45) is 0 Å². The van der Waals surface area contributed by atoms with E-state index >= 15 is 0 Å². The molecule has 1 aromatic heterocycles. The van der Waals surface area contributed by atoms with E-state index < -0.39 is 0 Å². The van der Waals surface area contributed by atoms with Crippen molar-refractivity contribution in [1.82, 2.24) is 24.1 Å². The van der Waals surface area contributed by atoms with Crippen molar-refractivity contribution >= 4 is 23.8 Å². The number of hydrogen-bond acceptors (Lipinski definition) is 4. The molecule has 1 saturated heterocycles. The van der Waals surface area contributed by atoms with Crippen molar-refractivity contribution in [1.29, 1.82) is 0 Å². The Morgan fingerprint density at radius 1 is 1.27 bits per heavy atom. The monoisotopic (exact) mass is 395 g/mol. The first-order valence-corrected chi connectivity index (χ1v) is 9.41. The fraction of sp³-hybridized carbons (Fsp3) is 0.444. The Labute approximate surface area is 163 Å². The molecule has 1 aliphatic rings. The van der Waals surface area contributed by atoms with E-state index in [4.69, 9.17) is 23.8 Å². The second-order valence-corrected chi connectivity index (χ2v) is 7.24. The maximum Gasteiger partial charge on any atom is 0.199 e. The van der Waals surface area contributed by atoms with E-state index in [1.165, 1.54) is 6.07 Å². The van der Waals surface area contributed by atoms with E-state index in [2.05, 4.69) is 21.5 Å². The van der Waals surface area contributed by atoms with Crippen LogP contribution in [0.4, 0.5) is 4.39 Å². The number of halogens is 2. The molecule has 2 aromatic rings. The maximum atomic E-state index is 14.0. The minimum atomic E-state index is -0.241. The molecule has 0 unspecified atom stereocenters. The number of benzene rings is 1. The molecule has 0 saturated carbocycles. The summed E-state index contributed by atoms with van der Waals surface area (Å²) in [6.07, 6.45) is 1.82. The van der Waals surface area contributed by atoms with Gasteiger partial charge in [-0.3, -0.25) is 9.80 Å². The van der Waals surface area contributed by atoms with Crippen LogP contribution in [0.15, 0.2) is 30.9 Å². The van der Waals surface area contributed by atoms with Crippen molar-refractivity contribution < 1.29 is 4.39 Å². The lowest BCUT2D eigenvalue weighted by molar-refractivity contribution is 0.0973. The van der Waals surface area contributed by atoms with Gasteiger partial charge in [0, 0.05) is 49.9 Å². The molecule has 0 aliphatic carbocycles. The van der Waals surface area contributed by atoms with Gasteiger partial charge >= 0.3 is 0 Å². The van der Waals surface area contributed by atoms with E-state index in [9.17, 15) is 4.39 Å². The zero-order valence-electron chi connectivity index (χ0n) is 14.9. The lowest BCUT2D eigenvalue weighted by atomic mass is 10.2. The summed E-state index contributed by atoms with van der Waals surface area (Å²) in [5, 5.41) is 5.03. The number of piperazine rings is 1. The minimum absolute atomic E-state index is 0.241. The van der Waals surface area contributed by atoms with E-state index in [-0.39, 0.29) is 5.82 Å². The quantitative estimate of drug-likeness (QED) is 0.553. The molecule has 1 aliphatic heterocycles. The molecular weight excluding hydrogens is 373 g/mol. The molecule has 0 N–H and O–H groups in total. The van der Waals surface area contributed by atoms with Crippen LogP contribution in [0.3, 0.4) is 0 Å². The van der Waals surface area contributed by atoms with Gasteiger partial charge in [-0.05, 0) is 31.3 Å². The molecule has 3 rings (SSSR count). The van der Waals surface area contributed by atoms with Crippen LogP contribution < -0.4 is 0 Å². The van der Waals surface area contributed by atoms with Crippen molar-refractivity contribution in [3.8, 4) is 0 Å². The van der Waals surface area contributed by atoms with E-state index in [1.54, 1.807) is 12.1 Å². The molecule has 0 amide bonds. The highest BCUT2D eigenvalue weighted by atomic mass is 35.5. The molecule has 1 fully saturated rings. The molecule has 0 spiro atoms. The third-order valence-electron chi connectivity index (χ3n) is 4.66. The number of aromatic nitrogens is 3. The third-order valence-corrected chi connectivity index (χ3v) is 5.45. The van der Waals surface area contributed by atoms with Gasteiger partial charge in [0.15, 0.2) is 4.77 Å². The Balaban J connectivity index is 1.58. The predicted octanol–water partition coefficient (Wildman–Crippen LogP) is 3.48. The average Bonchev–Trinajstić information content (AvgIpc) is 2.88. The molecule has 140 valence electrons. The van der Waals surface area contributed by atoms with Crippen LogP contribution in [-0.2, 0) is 19.8 Å². The predicted molar refractivity (Wildman–Crippen MR) is 104 cm³/mol. The highest BCUT2D eigenvalue weighted by molar-refractivity contribution is 7.71. The van der Waals surface area contributed by atoms with Gasteiger partial charge in [-0.2, -0.15) is 5.10 Å². The number of aryl methyl sites for hydroxylation is 1. The van der Waals surface area contributed by atoms with Crippen molar-refractivity contribution in [3.05, 3.63) is 57.9 Å². The van der Waals surface area contributed by atoms with Crippen LogP contribution >= 0.6 is 23.8 Å². The Kier molecular flexibility index (Phi) is 6.24. The Bertz CT molecular complexity index is 818. The Morgan fingerprint density at radius 2 is 1.96 bits per heavy atom. The van der Waals surface area contributed by atoms with Gasteiger partial charge in [-0.25, -0.2) is 9.07 Å². The molecular formula is C18H23ClFN5S. The smallest absolute Gasteiger partial charge is 0.199 e. The zero-order valence-corrected chi connectivity index (χ0v) is 16.4. The second-order valence-electron chi connectivity index (χ2n) is 6.46. The number of hydrogen-bond donors (Lipinski definition) is 0. The van der Waals surface area contributed by atoms with Crippen molar-refractivity contribution in [2.45, 2.75) is 26.7 Å².